The third-order valence-electron chi connectivity index (χ3n) is 5.44. The zero-order valence-corrected chi connectivity index (χ0v) is 20.0. The van der Waals surface area contributed by atoms with Crippen LogP contribution in [0.4, 0.5) is 4.79 Å². The molecule has 178 valence electrons. The van der Waals surface area contributed by atoms with E-state index >= 15 is 0 Å². The molecule has 0 aliphatic carbocycles. The van der Waals surface area contributed by atoms with Crippen molar-refractivity contribution in [3.05, 3.63) is 80.3 Å². The Labute approximate surface area is 205 Å². The molecule has 4 rings (SSSR count). The number of carbonyl (C=O) groups is 2. The Hall–Kier alpha value is -3.14. The second-order valence-corrected chi connectivity index (χ2v) is 9.03. The lowest BCUT2D eigenvalue weighted by Gasteiger charge is -2.36. The summed E-state index contributed by atoms with van der Waals surface area (Å²) >= 11 is 7.80. The number of carboxylic acid groups (broad SMARTS) is 1. The summed E-state index contributed by atoms with van der Waals surface area (Å²) in [6, 6.07) is 12.2. The Morgan fingerprint density at radius 1 is 1.24 bits per heavy atom. The van der Waals surface area contributed by atoms with E-state index in [2.05, 4.69) is 4.98 Å². The van der Waals surface area contributed by atoms with Gasteiger partial charge in [-0.05, 0) is 42.7 Å². The lowest BCUT2D eigenvalue weighted by Crippen LogP contribution is -2.38. The number of aromatic nitrogens is 1. The van der Waals surface area contributed by atoms with Crippen molar-refractivity contribution >= 4 is 35.1 Å². The van der Waals surface area contributed by atoms with Crippen molar-refractivity contribution in [2.24, 2.45) is 0 Å². The van der Waals surface area contributed by atoms with Crippen LogP contribution in [-0.4, -0.2) is 47.0 Å². The lowest BCUT2D eigenvalue weighted by molar-refractivity contribution is -0.151. The highest BCUT2D eigenvalue weighted by Crippen LogP contribution is 2.40. The third kappa shape index (κ3) is 5.67. The molecule has 0 radical (unpaired) electrons. The van der Waals surface area contributed by atoms with Crippen molar-refractivity contribution < 1.29 is 29.0 Å². The van der Waals surface area contributed by atoms with E-state index < -0.39 is 24.8 Å². The predicted molar refractivity (Wildman–Crippen MR) is 126 cm³/mol. The van der Waals surface area contributed by atoms with Crippen molar-refractivity contribution in [2.45, 2.75) is 25.8 Å². The van der Waals surface area contributed by atoms with Crippen LogP contribution in [-0.2, 0) is 27.2 Å². The van der Waals surface area contributed by atoms with Gasteiger partial charge in [-0.25, -0.2) is 14.6 Å². The molecular weight excluding hydrogens is 480 g/mol. The molecule has 0 bridgehead atoms. The zero-order chi connectivity index (χ0) is 24.1. The number of benzene rings is 2. The molecule has 0 saturated heterocycles. The van der Waals surface area contributed by atoms with Crippen LogP contribution in [0.5, 0.6) is 5.75 Å². The molecule has 0 unspecified atom stereocenters. The zero-order valence-electron chi connectivity index (χ0n) is 18.4. The summed E-state index contributed by atoms with van der Waals surface area (Å²) in [7, 11) is 0. The number of ether oxygens (including phenoxy) is 2. The first-order valence-corrected chi connectivity index (χ1v) is 11.9. The second-order valence-electron chi connectivity index (χ2n) is 7.66. The highest BCUT2D eigenvalue weighted by atomic mass is 35.5. The van der Waals surface area contributed by atoms with Crippen molar-refractivity contribution in [3.63, 3.8) is 0 Å². The van der Waals surface area contributed by atoms with Gasteiger partial charge < -0.3 is 19.4 Å². The van der Waals surface area contributed by atoms with Crippen LogP contribution in [0.25, 0.3) is 0 Å². The smallest absolute Gasteiger partial charge is 0.482 e. The van der Waals surface area contributed by atoms with Crippen LogP contribution >= 0.6 is 22.9 Å². The molecule has 3 aromatic rings. The van der Waals surface area contributed by atoms with Gasteiger partial charge in [0.2, 0.25) is 0 Å². The van der Waals surface area contributed by atoms with Crippen molar-refractivity contribution in [3.8, 4) is 5.75 Å². The lowest BCUT2D eigenvalue weighted by atomic mass is 9.89. The molecule has 1 N–H and O–H groups in total. The van der Waals surface area contributed by atoms with E-state index in [1.165, 1.54) is 16.4 Å². The maximum absolute atomic E-state index is 12.5. The molecular formula is C24H23ClN2O6S. The molecule has 34 heavy (non-hydrogen) atoms. The van der Waals surface area contributed by atoms with Gasteiger partial charge in [0.1, 0.15) is 5.75 Å². The summed E-state index contributed by atoms with van der Waals surface area (Å²) in [6.07, 6.45) is 0.396. The molecule has 1 aromatic heterocycles. The fraction of sp³-hybridized carbons (Fsp3) is 0.292. The first kappa shape index (κ1) is 24.0. The highest BCUT2D eigenvalue weighted by molar-refractivity contribution is 7.09. The topological polar surface area (TPSA) is 98.2 Å². The summed E-state index contributed by atoms with van der Waals surface area (Å²) in [6.45, 7) is 1.98. The Bertz CT molecular complexity index is 1180. The van der Waals surface area contributed by atoms with E-state index in [1.54, 1.807) is 23.7 Å². The van der Waals surface area contributed by atoms with Crippen molar-refractivity contribution in [1.29, 1.82) is 0 Å². The van der Waals surface area contributed by atoms with Crippen LogP contribution in [0, 0.1) is 6.92 Å². The standard InChI is InChI=1S/C24H23ClN2O6S/c1-15-21(34-14-26-15)9-11-31-24(30)33-27-10-8-16-4-2-3-5-18(16)23(27)19-12-17(25)6-7-20(19)32-13-22(28)29/h2-7,12,14,23H,8-11,13H2,1H3,(H,28,29)/t23-/m0/s1. The van der Waals surface area contributed by atoms with E-state index in [4.69, 9.17) is 31.0 Å². The minimum Gasteiger partial charge on any atom is -0.482 e. The second kappa shape index (κ2) is 10.9. The summed E-state index contributed by atoms with van der Waals surface area (Å²) in [4.78, 5) is 34.5. The quantitative estimate of drug-likeness (QED) is 0.437. The monoisotopic (exact) mass is 502 g/mol. The minimum absolute atomic E-state index is 0.168. The number of halogens is 1. The predicted octanol–water partition coefficient (Wildman–Crippen LogP) is 4.83. The number of hydroxylamine groups is 2. The number of aliphatic carboxylic acids is 1. The van der Waals surface area contributed by atoms with Gasteiger partial charge in [0.25, 0.3) is 0 Å². The maximum Gasteiger partial charge on any atom is 0.527 e. The van der Waals surface area contributed by atoms with Crippen molar-refractivity contribution in [2.75, 3.05) is 19.8 Å². The fourth-order valence-corrected chi connectivity index (χ4v) is 4.83. The number of carbonyl (C=O) groups excluding carboxylic acids is 1. The Balaban J connectivity index is 1.56. The molecule has 10 heteroatoms. The molecule has 8 nitrogen and oxygen atoms in total. The van der Waals surface area contributed by atoms with E-state index in [1.807, 2.05) is 31.2 Å². The first-order valence-electron chi connectivity index (χ1n) is 10.6. The molecule has 2 aromatic carbocycles. The third-order valence-corrected chi connectivity index (χ3v) is 6.67. The normalized spacial score (nSPS) is 15.4. The van der Waals surface area contributed by atoms with E-state index in [0.717, 1.165) is 21.7 Å². The average molecular weight is 503 g/mol. The van der Waals surface area contributed by atoms with Crippen LogP contribution in [0.15, 0.2) is 48.0 Å². The number of aryl methyl sites for hydroxylation is 1. The minimum atomic E-state index is -1.10. The maximum atomic E-state index is 12.5. The molecule has 1 aliphatic heterocycles. The average Bonchev–Trinajstić information content (AvgIpc) is 3.22. The van der Waals surface area contributed by atoms with Crippen LogP contribution < -0.4 is 4.74 Å². The van der Waals surface area contributed by atoms with Gasteiger partial charge in [-0.3, -0.25) is 0 Å². The highest BCUT2D eigenvalue weighted by Gasteiger charge is 2.34. The van der Waals surface area contributed by atoms with Gasteiger partial charge in [0, 0.05) is 28.4 Å². The van der Waals surface area contributed by atoms with Gasteiger partial charge in [0.15, 0.2) is 6.61 Å². The van der Waals surface area contributed by atoms with Gasteiger partial charge >= 0.3 is 12.1 Å². The summed E-state index contributed by atoms with van der Waals surface area (Å²) in [5.41, 5.74) is 5.27. The number of fused-ring (bicyclic) bond motifs is 1. The van der Waals surface area contributed by atoms with Gasteiger partial charge in [0.05, 0.1) is 23.9 Å². The number of nitrogens with zero attached hydrogens (tertiary/aromatic N) is 2. The molecule has 2 heterocycles. The van der Waals surface area contributed by atoms with Crippen LogP contribution in [0.1, 0.15) is 33.3 Å². The van der Waals surface area contributed by atoms with Gasteiger partial charge in [-0.1, -0.05) is 35.9 Å². The fourth-order valence-electron chi connectivity index (χ4n) is 3.88. The first-order chi connectivity index (χ1) is 16.4. The van der Waals surface area contributed by atoms with Crippen LogP contribution in [0.3, 0.4) is 0 Å². The largest absolute Gasteiger partial charge is 0.527 e. The molecule has 0 spiro atoms. The van der Waals surface area contributed by atoms with E-state index in [9.17, 15) is 9.59 Å². The molecule has 0 amide bonds. The Morgan fingerprint density at radius 2 is 2.06 bits per heavy atom. The number of hydrogen-bond donors (Lipinski definition) is 1. The van der Waals surface area contributed by atoms with E-state index in [0.29, 0.717) is 35.7 Å². The summed E-state index contributed by atoms with van der Waals surface area (Å²) < 4.78 is 10.9. The number of hydrogen-bond acceptors (Lipinski definition) is 8. The number of carboxylic acids is 1. The SMILES string of the molecule is Cc1ncsc1CCOC(=O)ON1CCc2ccccc2[C@H]1c1cc(Cl)ccc1OCC(=O)O. The van der Waals surface area contributed by atoms with Crippen LogP contribution in [0.2, 0.25) is 5.02 Å². The molecule has 0 saturated carbocycles. The molecule has 1 atom stereocenters. The molecule has 1 aliphatic rings. The van der Waals surface area contributed by atoms with Crippen molar-refractivity contribution in [1.82, 2.24) is 10.0 Å². The van der Waals surface area contributed by atoms with E-state index in [-0.39, 0.29) is 6.61 Å². The summed E-state index contributed by atoms with van der Waals surface area (Å²) in [5, 5.41) is 11.1. The van der Waals surface area contributed by atoms with Gasteiger partial charge in [-0.2, -0.15) is 0 Å². The summed E-state index contributed by atoms with van der Waals surface area (Å²) in [5.74, 6) is -0.756. The Morgan fingerprint density at radius 3 is 2.82 bits per heavy atom. The number of rotatable bonds is 8. The van der Waals surface area contributed by atoms with Gasteiger partial charge in [-0.15, -0.1) is 16.4 Å². The Kier molecular flexibility index (Phi) is 7.66. The number of thiazole rings is 1. The molecule has 0 fully saturated rings.